The van der Waals surface area contributed by atoms with E-state index in [0.717, 1.165) is 12.0 Å². The molecule has 1 aliphatic heterocycles. The molecule has 40 heavy (non-hydrogen) atoms. The molecule has 0 spiro atoms. The first-order valence-corrected chi connectivity index (χ1v) is 12.5. The Labute approximate surface area is 232 Å². The van der Waals surface area contributed by atoms with Gasteiger partial charge >= 0.3 is 11.9 Å². The maximum absolute atomic E-state index is 13.2. The van der Waals surface area contributed by atoms with Gasteiger partial charge in [0.2, 0.25) is 0 Å². The number of methoxy groups -OCH3 is 2. The molecule has 0 saturated carbocycles. The number of hydrogen-bond acceptors (Lipinski definition) is 8. The Morgan fingerprint density at radius 3 is 2.15 bits per heavy atom. The number of para-hydroxylation sites is 1. The number of aryl methyl sites for hydroxylation is 1. The number of benzene rings is 3. The van der Waals surface area contributed by atoms with Crippen LogP contribution in [0, 0.1) is 11.3 Å². The highest BCUT2D eigenvalue weighted by molar-refractivity contribution is 6.07. The summed E-state index contributed by atoms with van der Waals surface area (Å²) in [6, 6.07) is 24.7. The van der Waals surface area contributed by atoms with E-state index in [1.165, 1.54) is 19.1 Å². The second-order valence-electron chi connectivity index (χ2n) is 8.85. The first-order chi connectivity index (χ1) is 19.4. The summed E-state index contributed by atoms with van der Waals surface area (Å²) in [4.78, 5) is 40.6. The zero-order valence-electron chi connectivity index (χ0n) is 22.3. The molecule has 3 N–H and O–H groups in total. The van der Waals surface area contributed by atoms with Crippen LogP contribution in [0.5, 0.6) is 0 Å². The van der Waals surface area contributed by atoms with Crippen LogP contribution in [0.3, 0.4) is 0 Å². The number of allylic oxidation sites excluding steroid dienone is 1. The standard InChI is InChI=1S/C31H28N4O5/c1-4-19-10-8-9-13-24(19)34-29(36)21-14-16-22(17-15-21)35-27(31(38)40-3)26(30(37)39-2)25(23(18-32)28(35)33)20-11-6-5-7-12-20/h5-17,25H,4,33H2,1-3H3,(H,34,36). The molecule has 0 aromatic heterocycles. The van der Waals surface area contributed by atoms with Gasteiger partial charge in [-0.25, -0.2) is 9.59 Å². The third-order valence-electron chi connectivity index (χ3n) is 6.64. The van der Waals surface area contributed by atoms with E-state index < -0.39 is 17.9 Å². The van der Waals surface area contributed by atoms with E-state index in [1.54, 1.807) is 54.6 Å². The number of nitrogens with one attached hydrogen (secondary N) is 1. The molecule has 4 rings (SSSR count). The number of nitrogens with zero attached hydrogens (tertiary/aromatic N) is 2. The van der Waals surface area contributed by atoms with E-state index >= 15 is 0 Å². The molecule has 9 heteroatoms. The first-order valence-electron chi connectivity index (χ1n) is 12.5. The van der Waals surface area contributed by atoms with Crippen LogP contribution in [0.25, 0.3) is 0 Å². The lowest BCUT2D eigenvalue weighted by Crippen LogP contribution is -2.40. The molecule has 1 aliphatic rings. The van der Waals surface area contributed by atoms with E-state index in [1.807, 2.05) is 31.2 Å². The molecular weight excluding hydrogens is 508 g/mol. The molecule has 202 valence electrons. The van der Waals surface area contributed by atoms with E-state index in [-0.39, 0.29) is 28.6 Å². The van der Waals surface area contributed by atoms with Gasteiger partial charge < -0.3 is 20.5 Å². The lowest BCUT2D eigenvalue weighted by Gasteiger charge is -2.35. The fourth-order valence-corrected chi connectivity index (χ4v) is 4.69. The number of ether oxygens (including phenoxy) is 2. The number of amides is 1. The number of rotatable bonds is 7. The van der Waals surface area contributed by atoms with Crippen LogP contribution in [0.2, 0.25) is 0 Å². The highest BCUT2D eigenvalue weighted by Crippen LogP contribution is 2.43. The van der Waals surface area contributed by atoms with E-state index in [4.69, 9.17) is 15.2 Å². The fraction of sp³-hybridized carbons (Fsp3) is 0.161. The lowest BCUT2D eigenvalue weighted by molar-refractivity contribution is -0.139. The molecular formula is C31H28N4O5. The van der Waals surface area contributed by atoms with Gasteiger partial charge in [0.05, 0.1) is 37.4 Å². The molecule has 3 aromatic rings. The van der Waals surface area contributed by atoms with Crippen molar-refractivity contribution in [1.82, 2.24) is 0 Å². The van der Waals surface area contributed by atoms with Crippen LogP contribution >= 0.6 is 0 Å². The second-order valence-corrected chi connectivity index (χ2v) is 8.85. The summed E-state index contributed by atoms with van der Waals surface area (Å²) in [5, 5.41) is 13.1. The van der Waals surface area contributed by atoms with Crippen LogP contribution in [0.15, 0.2) is 102 Å². The molecule has 1 atom stereocenters. The van der Waals surface area contributed by atoms with Gasteiger partial charge in [-0.15, -0.1) is 0 Å². The normalized spacial score (nSPS) is 14.8. The fourth-order valence-electron chi connectivity index (χ4n) is 4.69. The minimum atomic E-state index is -0.965. The Bertz CT molecular complexity index is 1550. The van der Waals surface area contributed by atoms with Gasteiger partial charge in [-0.05, 0) is 47.9 Å². The van der Waals surface area contributed by atoms with Crippen LogP contribution in [0.4, 0.5) is 11.4 Å². The van der Waals surface area contributed by atoms with Crippen molar-refractivity contribution in [2.75, 3.05) is 24.4 Å². The maximum atomic E-state index is 13.2. The number of anilines is 2. The first kappa shape index (κ1) is 27.7. The highest BCUT2D eigenvalue weighted by Gasteiger charge is 2.43. The monoisotopic (exact) mass is 536 g/mol. The molecule has 0 aliphatic carbocycles. The van der Waals surface area contributed by atoms with Crippen LogP contribution < -0.4 is 16.0 Å². The minimum absolute atomic E-state index is 0.0530. The highest BCUT2D eigenvalue weighted by atomic mass is 16.5. The van der Waals surface area contributed by atoms with E-state index in [0.29, 0.717) is 22.5 Å². The van der Waals surface area contributed by atoms with Gasteiger partial charge in [-0.1, -0.05) is 55.5 Å². The largest absolute Gasteiger partial charge is 0.466 e. The predicted molar refractivity (Wildman–Crippen MR) is 150 cm³/mol. The Morgan fingerprint density at radius 2 is 1.55 bits per heavy atom. The van der Waals surface area contributed by atoms with Gasteiger partial charge in [-0.2, -0.15) is 5.26 Å². The van der Waals surface area contributed by atoms with Crippen molar-refractivity contribution in [3.05, 3.63) is 118 Å². The number of carbonyl (C=O) groups excluding carboxylic acids is 3. The molecule has 0 saturated heterocycles. The summed E-state index contributed by atoms with van der Waals surface area (Å²) in [5.41, 5.74) is 9.27. The Hall–Kier alpha value is -5.36. The summed E-state index contributed by atoms with van der Waals surface area (Å²) >= 11 is 0. The van der Waals surface area contributed by atoms with Gasteiger partial charge in [0.25, 0.3) is 5.91 Å². The zero-order valence-corrected chi connectivity index (χ0v) is 22.3. The molecule has 0 radical (unpaired) electrons. The average Bonchev–Trinajstić information content (AvgIpc) is 3.00. The molecule has 1 amide bonds. The van der Waals surface area contributed by atoms with E-state index in [9.17, 15) is 19.6 Å². The molecule has 1 heterocycles. The van der Waals surface area contributed by atoms with Crippen molar-refractivity contribution in [2.45, 2.75) is 19.3 Å². The van der Waals surface area contributed by atoms with E-state index in [2.05, 4.69) is 11.4 Å². The smallest absolute Gasteiger partial charge is 0.355 e. The van der Waals surface area contributed by atoms with Crippen molar-refractivity contribution >= 4 is 29.2 Å². The Morgan fingerprint density at radius 1 is 0.925 bits per heavy atom. The third kappa shape index (κ3) is 5.15. The van der Waals surface area contributed by atoms with Gasteiger partial charge in [0.15, 0.2) is 0 Å². The van der Waals surface area contributed by atoms with Crippen LogP contribution in [0.1, 0.15) is 34.3 Å². The molecule has 0 bridgehead atoms. The number of carbonyl (C=O) groups is 3. The van der Waals surface area contributed by atoms with Crippen molar-refractivity contribution < 1.29 is 23.9 Å². The topological polar surface area (TPSA) is 135 Å². The van der Waals surface area contributed by atoms with Gasteiger partial charge in [0.1, 0.15) is 11.5 Å². The van der Waals surface area contributed by atoms with Crippen molar-refractivity contribution in [3.63, 3.8) is 0 Å². The molecule has 1 unspecified atom stereocenters. The third-order valence-corrected chi connectivity index (χ3v) is 6.64. The summed E-state index contributed by atoms with van der Waals surface area (Å²) in [6.45, 7) is 2.00. The maximum Gasteiger partial charge on any atom is 0.355 e. The number of nitriles is 1. The Kier molecular flexibility index (Phi) is 8.30. The predicted octanol–water partition coefficient (Wildman–Crippen LogP) is 4.40. The van der Waals surface area contributed by atoms with Gasteiger partial charge in [-0.3, -0.25) is 9.69 Å². The SMILES string of the molecule is CCc1ccccc1NC(=O)c1ccc(N2C(N)=C(C#N)C(c3ccccc3)C(C(=O)OC)=C2C(=O)OC)cc1. The molecule has 3 aromatic carbocycles. The van der Waals surface area contributed by atoms with Crippen molar-refractivity contribution in [2.24, 2.45) is 5.73 Å². The minimum Gasteiger partial charge on any atom is -0.466 e. The zero-order chi connectivity index (χ0) is 28.8. The summed E-state index contributed by atoms with van der Waals surface area (Å²) < 4.78 is 10.1. The number of nitrogens with two attached hydrogens (primary N) is 1. The van der Waals surface area contributed by atoms with Crippen molar-refractivity contribution in [1.29, 1.82) is 5.26 Å². The van der Waals surface area contributed by atoms with Crippen LogP contribution in [-0.2, 0) is 25.5 Å². The van der Waals surface area contributed by atoms with Crippen molar-refractivity contribution in [3.8, 4) is 6.07 Å². The molecule has 0 fully saturated rings. The summed E-state index contributed by atoms with van der Waals surface area (Å²) in [6.07, 6.45) is 0.756. The van der Waals surface area contributed by atoms with Crippen LogP contribution in [-0.4, -0.2) is 32.1 Å². The number of hydrogen-bond donors (Lipinski definition) is 2. The number of esters is 2. The molecule has 9 nitrogen and oxygen atoms in total. The summed E-state index contributed by atoms with van der Waals surface area (Å²) in [7, 11) is 2.37. The lowest BCUT2D eigenvalue weighted by atomic mass is 9.81. The second kappa shape index (κ2) is 12.0. The van der Waals surface area contributed by atoms with Gasteiger partial charge in [0, 0.05) is 16.9 Å². The summed E-state index contributed by atoms with van der Waals surface area (Å²) in [5.74, 6) is -3.01. The quantitative estimate of drug-likeness (QED) is 0.424. The Balaban J connectivity index is 1.82. The average molecular weight is 537 g/mol.